The molecule has 0 saturated carbocycles. The van der Waals surface area contributed by atoms with E-state index in [4.69, 9.17) is 10.3 Å². The number of primary amides is 1. The molecule has 2 rings (SSSR count). The van der Waals surface area contributed by atoms with Crippen molar-refractivity contribution in [2.24, 2.45) is 5.73 Å². The quantitative estimate of drug-likeness (QED) is 0.857. The molecular weight excluding hydrogens is 282 g/mol. The van der Waals surface area contributed by atoms with Crippen LogP contribution in [0.2, 0.25) is 0 Å². The number of carbonyl (C=O) groups is 1. The van der Waals surface area contributed by atoms with Crippen molar-refractivity contribution in [3.8, 4) is 0 Å². The summed E-state index contributed by atoms with van der Waals surface area (Å²) in [4.78, 5) is 16.3. The fraction of sp³-hybridized carbons (Fsp3) is 0.417. The summed E-state index contributed by atoms with van der Waals surface area (Å²) in [5.74, 6) is 1.29. The number of amides is 1. The van der Waals surface area contributed by atoms with Crippen molar-refractivity contribution < 1.29 is 9.32 Å². The maximum Gasteiger partial charge on any atom is 0.222 e. The zero-order valence-corrected chi connectivity index (χ0v) is 12.7. The molecule has 0 radical (unpaired) electrons. The number of thioether (sulfide) groups is 1. The Bertz CT molecular complexity index is 585. The molecule has 0 atom stereocenters. The number of carbonyl (C=O) groups excluding carboxylic acids is 1. The smallest absolute Gasteiger partial charge is 0.222 e. The van der Waals surface area contributed by atoms with E-state index in [2.05, 4.69) is 10.1 Å². The monoisotopic (exact) mass is 297 g/mol. The number of thiazole rings is 1. The summed E-state index contributed by atoms with van der Waals surface area (Å²) < 4.78 is 6.06. The number of nitrogens with two attached hydrogens (primary N) is 1. The minimum Gasteiger partial charge on any atom is -0.369 e. The molecule has 0 unspecified atom stereocenters. The number of aryl methyl sites for hydroxylation is 3. The van der Waals surface area contributed by atoms with Crippen LogP contribution in [-0.2, 0) is 17.0 Å². The lowest BCUT2D eigenvalue weighted by Gasteiger charge is -1.96. The molecule has 19 heavy (non-hydrogen) atoms. The van der Waals surface area contributed by atoms with Crippen molar-refractivity contribution in [2.75, 3.05) is 0 Å². The van der Waals surface area contributed by atoms with Gasteiger partial charge in [-0.15, -0.1) is 11.3 Å². The van der Waals surface area contributed by atoms with Crippen molar-refractivity contribution in [1.29, 1.82) is 0 Å². The number of aromatic nitrogens is 2. The largest absolute Gasteiger partial charge is 0.369 e. The normalized spacial score (nSPS) is 10.9. The summed E-state index contributed by atoms with van der Waals surface area (Å²) in [5, 5.41) is 3.92. The Balaban J connectivity index is 2.06. The van der Waals surface area contributed by atoms with Crippen LogP contribution in [0.25, 0.3) is 0 Å². The molecule has 5 nitrogen and oxygen atoms in total. The first-order chi connectivity index (χ1) is 8.97. The summed E-state index contributed by atoms with van der Waals surface area (Å²) in [5.41, 5.74) is 8.10. The van der Waals surface area contributed by atoms with Gasteiger partial charge in [-0.3, -0.25) is 4.79 Å². The Morgan fingerprint density at radius 3 is 2.68 bits per heavy atom. The second-order valence-corrected chi connectivity index (χ2v) is 6.53. The molecule has 2 heterocycles. The topological polar surface area (TPSA) is 82.0 Å². The highest BCUT2D eigenvalue weighted by atomic mass is 32.2. The number of hydrogen-bond acceptors (Lipinski definition) is 6. The van der Waals surface area contributed by atoms with Gasteiger partial charge in [-0.1, -0.05) is 16.9 Å². The van der Waals surface area contributed by atoms with Crippen LogP contribution in [0.4, 0.5) is 0 Å². The van der Waals surface area contributed by atoms with Crippen LogP contribution in [0.3, 0.4) is 0 Å². The van der Waals surface area contributed by atoms with Gasteiger partial charge < -0.3 is 10.3 Å². The van der Waals surface area contributed by atoms with Crippen molar-refractivity contribution in [3.05, 3.63) is 27.6 Å². The zero-order valence-electron chi connectivity index (χ0n) is 11.0. The molecule has 1 amide bonds. The summed E-state index contributed by atoms with van der Waals surface area (Å²) >= 11 is 3.15. The fourth-order valence-electron chi connectivity index (χ4n) is 1.63. The van der Waals surface area contributed by atoms with E-state index in [0.717, 1.165) is 37.7 Å². The minimum atomic E-state index is -0.325. The van der Waals surface area contributed by atoms with Gasteiger partial charge in [0.2, 0.25) is 5.91 Å². The molecule has 2 N–H and O–H groups in total. The molecule has 2 aromatic heterocycles. The van der Waals surface area contributed by atoms with Crippen LogP contribution in [0.1, 0.15) is 27.6 Å². The van der Waals surface area contributed by atoms with Gasteiger partial charge in [0.1, 0.15) is 5.76 Å². The van der Waals surface area contributed by atoms with Gasteiger partial charge >= 0.3 is 0 Å². The van der Waals surface area contributed by atoms with E-state index in [9.17, 15) is 4.79 Å². The predicted molar refractivity (Wildman–Crippen MR) is 75.3 cm³/mol. The third-order valence-corrected chi connectivity index (χ3v) is 5.06. The van der Waals surface area contributed by atoms with Gasteiger partial charge in [-0.2, -0.15) is 0 Å². The van der Waals surface area contributed by atoms with Gasteiger partial charge in [0.15, 0.2) is 4.34 Å². The maximum absolute atomic E-state index is 10.9. The Morgan fingerprint density at radius 1 is 1.37 bits per heavy atom. The van der Waals surface area contributed by atoms with Crippen LogP contribution in [0, 0.1) is 20.8 Å². The second kappa shape index (κ2) is 5.75. The van der Waals surface area contributed by atoms with Crippen molar-refractivity contribution in [2.45, 2.75) is 37.3 Å². The van der Waals surface area contributed by atoms with Crippen LogP contribution in [-0.4, -0.2) is 16.0 Å². The van der Waals surface area contributed by atoms with Gasteiger partial charge in [0.05, 0.1) is 17.8 Å². The first-order valence-electron chi connectivity index (χ1n) is 5.76. The lowest BCUT2D eigenvalue weighted by atomic mass is 10.2. The standard InChI is InChI=1S/C12H15N3O2S2/c1-6-9(8(3)17-15-6)5-18-12-14-7(2)10(19-12)4-11(13)16/h4-5H2,1-3H3,(H2,13,16). The molecule has 0 bridgehead atoms. The molecule has 0 aromatic carbocycles. The van der Waals surface area contributed by atoms with Crippen molar-refractivity contribution in [3.63, 3.8) is 0 Å². The molecule has 0 aliphatic heterocycles. The van der Waals surface area contributed by atoms with Gasteiger partial charge in [-0.25, -0.2) is 4.98 Å². The average molecular weight is 297 g/mol. The molecule has 0 saturated heterocycles. The summed E-state index contributed by atoms with van der Waals surface area (Å²) in [6.45, 7) is 5.73. The molecule has 0 fully saturated rings. The molecule has 102 valence electrons. The summed E-state index contributed by atoms with van der Waals surface area (Å²) in [6, 6.07) is 0. The molecule has 2 aromatic rings. The van der Waals surface area contributed by atoms with E-state index in [1.807, 2.05) is 20.8 Å². The number of hydrogen-bond donors (Lipinski definition) is 1. The van der Waals surface area contributed by atoms with Crippen LogP contribution in [0.5, 0.6) is 0 Å². The van der Waals surface area contributed by atoms with Crippen LogP contribution in [0.15, 0.2) is 8.86 Å². The molecule has 0 aliphatic rings. The molecule has 7 heteroatoms. The van der Waals surface area contributed by atoms with Crippen LogP contribution >= 0.6 is 23.1 Å². The highest BCUT2D eigenvalue weighted by Gasteiger charge is 2.13. The van der Waals surface area contributed by atoms with Gasteiger partial charge in [-0.05, 0) is 20.8 Å². The number of nitrogens with zero attached hydrogens (tertiary/aromatic N) is 2. The highest BCUT2D eigenvalue weighted by molar-refractivity contribution is 8.00. The van der Waals surface area contributed by atoms with Crippen molar-refractivity contribution >= 4 is 29.0 Å². The van der Waals surface area contributed by atoms with Gasteiger partial charge in [0.25, 0.3) is 0 Å². The fourth-order valence-corrected chi connectivity index (χ4v) is 4.02. The Hall–Kier alpha value is -1.34. The molecular formula is C12H15N3O2S2. The minimum absolute atomic E-state index is 0.259. The zero-order chi connectivity index (χ0) is 14.0. The molecule has 0 spiro atoms. The number of rotatable bonds is 5. The Kier molecular flexibility index (Phi) is 4.26. The van der Waals surface area contributed by atoms with E-state index < -0.39 is 0 Å². The van der Waals surface area contributed by atoms with Gasteiger partial charge in [0, 0.05) is 16.2 Å². The lowest BCUT2D eigenvalue weighted by Crippen LogP contribution is -2.13. The molecule has 0 aliphatic carbocycles. The van der Waals surface area contributed by atoms with E-state index in [1.54, 1.807) is 11.8 Å². The third kappa shape index (κ3) is 3.36. The Morgan fingerprint density at radius 2 is 2.11 bits per heavy atom. The van der Waals surface area contributed by atoms with Crippen molar-refractivity contribution in [1.82, 2.24) is 10.1 Å². The first kappa shape index (κ1) is 14.1. The highest BCUT2D eigenvalue weighted by Crippen LogP contribution is 2.31. The maximum atomic E-state index is 10.9. The van der Waals surface area contributed by atoms with E-state index in [-0.39, 0.29) is 12.3 Å². The average Bonchev–Trinajstić information content (AvgIpc) is 2.81. The summed E-state index contributed by atoms with van der Waals surface area (Å²) in [6.07, 6.45) is 0.259. The Labute approximate surface area is 119 Å². The third-order valence-electron chi connectivity index (χ3n) is 2.73. The SMILES string of the molecule is Cc1nc(SCc2c(C)noc2C)sc1CC(N)=O. The lowest BCUT2D eigenvalue weighted by molar-refractivity contribution is -0.117. The van der Waals surface area contributed by atoms with E-state index in [0.29, 0.717) is 0 Å². The van der Waals surface area contributed by atoms with E-state index in [1.165, 1.54) is 11.3 Å². The first-order valence-corrected chi connectivity index (χ1v) is 7.56. The summed E-state index contributed by atoms with van der Waals surface area (Å²) in [7, 11) is 0. The van der Waals surface area contributed by atoms with E-state index >= 15 is 0 Å². The predicted octanol–water partition coefficient (Wildman–Crippen LogP) is 2.38. The van der Waals surface area contributed by atoms with Crippen LogP contribution < -0.4 is 5.73 Å². The second-order valence-electron chi connectivity index (χ2n) is 4.22.